The van der Waals surface area contributed by atoms with Gasteiger partial charge < -0.3 is 4.90 Å². The standard InChI is InChI=1S/C21H25F3N2/c1-16-4-9-19(20(14-16)21(22,23)24)18-7-5-17(6-8-18)15-26-11-3-10-25(2)12-13-26/h4-9,14H,3,10-13,15H2,1-2H3. The Morgan fingerprint density at radius 1 is 0.923 bits per heavy atom. The van der Waals surface area contributed by atoms with Crippen molar-refractivity contribution in [2.45, 2.75) is 26.1 Å². The van der Waals surface area contributed by atoms with Crippen molar-refractivity contribution in [2.24, 2.45) is 0 Å². The Balaban J connectivity index is 1.78. The van der Waals surface area contributed by atoms with Crippen LogP contribution in [0.5, 0.6) is 0 Å². The van der Waals surface area contributed by atoms with E-state index in [1.54, 1.807) is 31.2 Å². The zero-order valence-corrected chi connectivity index (χ0v) is 15.3. The van der Waals surface area contributed by atoms with E-state index >= 15 is 0 Å². The molecule has 0 spiro atoms. The number of rotatable bonds is 3. The Morgan fingerprint density at radius 3 is 2.35 bits per heavy atom. The predicted octanol–water partition coefficient (Wildman–Crippen LogP) is 4.82. The summed E-state index contributed by atoms with van der Waals surface area (Å²) in [6, 6.07) is 12.0. The highest BCUT2D eigenvalue weighted by molar-refractivity contribution is 5.68. The van der Waals surface area contributed by atoms with Crippen LogP contribution in [0.4, 0.5) is 13.2 Å². The molecule has 2 aromatic rings. The molecular weight excluding hydrogens is 337 g/mol. The molecule has 0 aliphatic carbocycles. The van der Waals surface area contributed by atoms with Gasteiger partial charge in [-0.25, -0.2) is 0 Å². The van der Waals surface area contributed by atoms with Crippen LogP contribution in [0.2, 0.25) is 0 Å². The first-order chi connectivity index (χ1) is 12.3. The van der Waals surface area contributed by atoms with Gasteiger partial charge in [-0.2, -0.15) is 13.2 Å². The molecule has 1 heterocycles. The van der Waals surface area contributed by atoms with Gasteiger partial charge in [-0.3, -0.25) is 4.90 Å². The van der Waals surface area contributed by atoms with Crippen LogP contribution in [-0.2, 0) is 12.7 Å². The molecule has 0 radical (unpaired) electrons. The average molecular weight is 362 g/mol. The first-order valence-corrected chi connectivity index (χ1v) is 9.01. The van der Waals surface area contributed by atoms with Crippen LogP contribution in [0.25, 0.3) is 11.1 Å². The van der Waals surface area contributed by atoms with Crippen molar-refractivity contribution in [3.8, 4) is 11.1 Å². The first kappa shape index (κ1) is 18.9. The Kier molecular flexibility index (Phi) is 5.68. The molecule has 2 aromatic carbocycles. The van der Waals surface area contributed by atoms with E-state index in [0.717, 1.165) is 44.7 Å². The Morgan fingerprint density at radius 2 is 1.65 bits per heavy atom. The van der Waals surface area contributed by atoms with Crippen LogP contribution >= 0.6 is 0 Å². The van der Waals surface area contributed by atoms with Crippen molar-refractivity contribution in [1.29, 1.82) is 0 Å². The van der Waals surface area contributed by atoms with Gasteiger partial charge in [0.25, 0.3) is 0 Å². The third kappa shape index (κ3) is 4.65. The highest BCUT2D eigenvalue weighted by Gasteiger charge is 2.33. The molecule has 1 aliphatic heterocycles. The number of hydrogen-bond donors (Lipinski definition) is 0. The topological polar surface area (TPSA) is 6.48 Å². The van der Waals surface area contributed by atoms with E-state index in [-0.39, 0.29) is 5.56 Å². The van der Waals surface area contributed by atoms with Gasteiger partial charge in [0.2, 0.25) is 0 Å². The lowest BCUT2D eigenvalue weighted by Crippen LogP contribution is -2.28. The smallest absolute Gasteiger partial charge is 0.305 e. The van der Waals surface area contributed by atoms with Gasteiger partial charge in [0.15, 0.2) is 0 Å². The van der Waals surface area contributed by atoms with Crippen LogP contribution in [-0.4, -0.2) is 43.0 Å². The van der Waals surface area contributed by atoms with Gasteiger partial charge in [-0.1, -0.05) is 42.0 Å². The van der Waals surface area contributed by atoms with E-state index < -0.39 is 11.7 Å². The third-order valence-corrected chi connectivity index (χ3v) is 4.96. The van der Waals surface area contributed by atoms with Gasteiger partial charge in [0.1, 0.15) is 0 Å². The second-order valence-corrected chi connectivity index (χ2v) is 7.18. The van der Waals surface area contributed by atoms with E-state index in [0.29, 0.717) is 11.1 Å². The molecule has 0 amide bonds. The van der Waals surface area contributed by atoms with E-state index in [1.165, 1.54) is 6.07 Å². The SMILES string of the molecule is Cc1ccc(-c2ccc(CN3CCCN(C)CC3)cc2)c(C(F)(F)F)c1. The molecule has 1 fully saturated rings. The maximum Gasteiger partial charge on any atom is 0.417 e. The van der Waals surface area contributed by atoms with Crippen LogP contribution < -0.4 is 0 Å². The number of likely N-dealkylation sites (N-methyl/N-ethyl adjacent to an activating group) is 1. The molecule has 0 aromatic heterocycles. The summed E-state index contributed by atoms with van der Waals surface area (Å²) in [7, 11) is 2.14. The molecule has 0 N–H and O–H groups in total. The zero-order chi connectivity index (χ0) is 18.7. The molecule has 0 unspecified atom stereocenters. The second kappa shape index (κ2) is 7.80. The van der Waals surface area contributed by atoms with Crippen LogP contribution in [0, 0.1) is 6.92 Å². The minimum absolute atomic E-state index is 0.242. The molecule has 0 atom stereocenters. The molecule has 3 rings (SSSR count). The van der Waals surface area contributed by atoms with Gasteiger partial charge in [0, 0.05) is 19.6 Å². The number of benzene rings is 2. The van der Waals surface area contributed by atoms with Gasteiger partial charge in [-0.05, 0) is 56.2 Å². The number of hydrogen-bond acceptors (Lipinski definition) is 2. The van der Waals surface area contributed by atoms with E-state index in [1.807, 2.05) is 12.1 Å². The summed E-state index contributed by atoms with van der Waals surface area (Å²) in [5.41, 5.74) is 2.03. The summed E-state index contributed by atoms with van der Waals surface area (Å²) in [6.07, 6.45) is -3.20. The molecule has 1 saturated heterocycles. The molecule has 0 saturated carbocycles. The Hall–Kier alpha value is -1.85. The van der Waals surface area contributed by atoms with Crippen molar-refractivity contribution in [2.75, 3.05) is 33.2 Å². The number of alkyl halides is 3. The number of aryl methyl sites for hydroxylation is 1. The normalized spacial score (nSPS) is 17.3. The number of nitrogens with zero attached hydrogens (tertiary/aromatic N) is 2. The lowest BCUT2D eigenvalue weighted by Gasteiger charge is -2.20. The third-order valence-electron chi connectivity index (χ3n) is 4.96. The summed E-state index contributed by atoms with van der Waals surface area (Å²) >= 11 is 0. The maximum atomic E-state index is 13.4. The second-order valence-electron chi connectivity index (χ2n) is 7.18. The summed E-state index contributed by atoms with van der Waals surface area (Å²) < 4.78 is 40.1. The molecular formula is C21H25F3N2. The monoisotopic (exact) mass is 362 g/mol. The van der Waals surface area contributed by atoms with Gasteiger partial charge in [-0.15, -0.1) is 0 Å². The predicted molar refractivity (Wildman–Crippen MR) is 99.0 cm³/mol. The molecule has 140 valence electrons. The summed E-state index contributed by atoms with van der Waals surface area (Å²) in [5.74, 6) is 0. The fraction of sp³-hybridized carbons (Fsp3) is 0.429. The average Bonchev–Trinajstić information content (AvgIpc) is 2.79. The summed E-state index contributed by atoms with van der Waals surface area (Å²) in [5, 5.41) is 0. The molecule has 2 nitrogen and oxygen atoms in total. The van der Waals surface area contributed by atoms with Crippen molar-refractivity contribution < 1.29 is 13.2 Å². The van der Waals surface area contributed by atoms with E-state index in [9.17, 15) is 13.2 Å². The fourth-order valence-electron chi connectivity index (χ4n) is 3.45. The minimum atomic E-state index is -4.35. The highest BCUT2D eigenvalue weighted by atomic mass is 19.4. The Bertz CT molecular complexity index is 738. The van der Waals surface area contributed by atoms with Crippen molar-refractivity contribution >= 4 is 0 Å². The molecule has 5 heteroatoms. The maximum absolute atomic E-state index is 13.4. The Labute approximate surface area is 153 Å². The van der Waals surface area contributed by atoms with Crippen molar-refractivity contribution in [3.63, 3.8) is 0 Å². The fourth-order valence-corrected chi connectivity index (χ4v) is 3.45. The quantitative estimate of drug-likeness (QED) is 0.772. The van der Waals surface area contributed by atoms with Crippen LogP contribution in [0.3, 0.4) is 0 Å². The summed E-state index contributed by atoms with van der Waals surface area (Å²) in [6.45, 7) is 6.77. The number of halogens is 3. The lowest BCUT2D eigenvalue weighted by molar-refractivity contribution is -0.137. The van der Waals surface area contributed by atoms with Crippen LogP contribution in [0.15, 0.2) is 42.5 Å². The van der Waals surface area contributed by atoms with Crippen LogP contribution in [0.1, 0.15) is 23.1 Å². The first-order valence-electron chi connectivity index (χ1n) is 9.01. The molecule has 26 heavy (non-hydrogen) atoms. The van der Waals surface area contributed by atoms with E-state index in [4.69, 9.17) is 0 Å². The van der Waals surface area contributed by atoms with E-state index in [2.05, 4.69) is 16.8 Å². The van der Waals surface area contributed by atoms with Crippen molar-refractivity contribution in [3.05, 3.63) is 59.2 Å². The zero-order valence-electron chi connectivity index (χ0n) is 15.3. The van der Waals surface area contributed by atoms with Gasteiger partial charge in [0.05, 0.1) is 5.56 Å². The highest BCUT2D eigenvalue weighted by Crippen LogP contribution is 2.37. The summed E-state index contributed by atoms with van der Waals surface area (Å²) in [4.78, 5) is 4.74. The van der Waals surface area contributed by atoms with Gasteiger partial charge >= 0.3 is 6.18 Å². The molecule has 1 aliphatic rings. The lowest BCUT2D eigenvalue weighted by atomic mass is 9.96. The minimum Gasteiger partial charge on any atom is -0.305 e. The van der Waals surface area contributed by atoms with Crippen molar-refractivity contribution in [1.82, 2.24) is 9.80 Å². The molecule has 0 bridgehead atoms. The largest absolute Gasteiger partial charge is 0.417 e.